The first-order valence-corrected chi connectivity index (χ1v) is 17.3. The largest absolute Gasteiger partial charge is 0.494 e. The molecule has 0 saturated heterocycles. The zero-order valence-electron chi connectivity index (χ0n) is 24.4. The number of hydrogen-bond donors (Lipinski definition) is 2. The monoisotopic (exact) mass is 754 g/mol. The Morgan fingerprint density at radius 1 is 0.978 bits per heavy atom. The van der Waals surface area contributed by atoms with Crippen LogP contribution in [0.5, 0.6) is 5.75 Å². The summed E-state index contributed by atoms with van der Waals surface area (Å²) in [6, 6.07) is 29.4. The summed E-state index contributed by atoms with van der Waals surface area (Å²) in [6.45, 7) is 0.901. The molecule has 2 atom stereocenters. The van der Waals surface area contributed by atoms with E-state index < -0.39 is 11.6 Å². The minimum absolute atomic E-state index is 0.0633. The fourth-order valence-electron chi connectivity index (χ4n) is 5.04. The molecule has 0 radical (unpaired) electrons. The molecule has 2 N–H and O–H groups in total. The maximum Gasteiger partial charge on any atom is 0.252 e. The molecule has 0 spiro atoms. The maximum atomic E-state index is 14.4. The third-order valence-electron chi connectivity index (χ3n) is 7.35. The number of ether oxygens (including phenoxy) is 2. The van der Waals surface area contributed by atoms with Crippen molar-refractivity contribution in [2.75, 3.05) is 25.5 Å². The van der Waals surface area contributed by atoms with Crippen LogP contribution in [0.15, 0.2) is 111 Å². The number of carbonyl (C=O) groups is 1. The van der Waals surface area contributed by atoms with Crippen LogP contribution in [0, 0.1) is 5.82 Å². The molecule has 5 rings (SSSR count). The van der Waals surface area contributed by atoms with Gasteiger partial charge >= 0.3 is 0 Å². The number of aliphatic hydroxyl groups is 1. The van der Waals surface area contributed by atoms with E-state index in [1.165, 1.54) is 12.1 Å². The molecule has 1 aliphatic rings. The number of nitrogens with one attached hydrogen (secondary N) is 1. The van der Waals surface area contributed by atoms with E-state index in [1.54, 1.807) is 23.9 Å². The van der Waals surface area contributed by atoms with Crippen molar-refractivity contribution < 1.29 is 23.8 Å². The molecule has 0 fully saturated rings. The zero-order chi connectivity index (χ0) is 31.6. The molecule has 0 saturated carbocycles. The summed E-state index contributed by atoms with van der Waals surface area (Å²) in [4.78, 5) is 19.5. The van der Waals surface area contributed by atoms with E-state index in [2.05, 4.69) is 37.2 Å². The molecule has 6 nitrogen and oxygen atoms in total. The third-order valence-corrected chi connectivity index (χ3v) is 9.88. The maximum absolute atomic E-state index is 14.4. The minimum atomic E-state index is -1.32. The predicted molar refractivity (Wildman–Crippen MR) is 184 cm³/mol. The fraction of sp³-hybridized carbons (Fsp3) is 0.257. The molecule has 0 unspecified atom stereocenters. The van der Waals surface area contributed by atoms with Gasteiger partial charge in [0, 0.05) is 57.6 Å². The van der Waals surface area contributed by atoms with Gasteiger partial charge in [-0.05, 0) is 59.7 Å². The van der Waals surface area contributed by atoms with Gasteiger partial charge in [0.25, 0.3) is 5.91 Å². The number of benzene rings is 4. The van der Waals surface area contributed by atoms with Crippen LogP contribution >= 0.6 is 43.6 Å². The molecule has 10 heteroatoms. The molecule has 4 aromatic rings. The Kier molecular flexibility index (Phi) is 11.7. The van der Waals surface area contributed by atoms with Gasteiger partial charge < -0.3 is 19.9 Å². The van der Waals surface area contributed by atoms with Crippen molar-refractivity contribution >= 4 is 55.4 Å². The standard InChI is InChI=1S/C35H33Br2FN2O4S/c36-30-8-3-1-6-26(30)22-35(34(42)39-18-21-45-23-24-10-14-27(38)15-11-24)32(29-7-2-4-9-31(29)37)44-33(40-35)25-12-16-28(17-13-25)43-20-5-19-41/h1-4,6-17,32,41H,5,18-23H2,(H,39,42)/t32-,35-/m1/s1. The first-order valence-electron chi connectivity index (χ1n) is 14.6. The Morgan fingerprint density at radius 2 is 1.69 bits per heavy atom. The van der Waals surface area contributed by atoms with E-state index in [-0.39, 0.29) is 18.3 Å². The SMILES string of the molecule is O=C(NCCSCc1ccc(F)cc1)[C@]1(Cc2ccccc2Br)N=C(c2ccc(OCCCO)cc2)O[C@@H]1c1ccccc1Br. The van der Waals surface area contributed by atoms with Crippen molar-refractivity contribution in [2.24, 2.45) is 4.99 Å². The third kappa shape index (κ3) is 8.35. The van der Waals surface area contributed by atoms with Gasteiger partial charge in [-0.1, -0.05) is 80.4 Å². The van der Waals surface area contributed by atoms with Crippen molar-refractivity contribution in [3.05, 3.63) is 134 Å². The first-order chi connectivity index (χ1) is 21.9. The Labute approximate surface area is 283 Å². The Balaban J connectivity index is 1.45. The molecule has 1 heterocycles. The lowest BCUT2D eigenvalue weighted by atomic mass is 9.82. The second kappa shape index (κ2) is 15.9. The van der Waals surface area contributed by atoms with Crippen LogP contribution in [-0.4, -0.2) is 48.0 Å². The number of hydrogen-bond acceptors (Lipinski definition) is 6. The molecule has 0 aliphatic carbocycles. The smallest absolute Gasteiger partial charge is 0.252 e. The predicted octanol–water partition coefficient (Wildman–Crippen LogP) is 7.66. The normalized spacial score (nSPS) is 17.4. The van der Waals surface area contributed by atoms with Gasteiger partial charge in [0.15, 0.2) is 11.6 Å². The molecule has 0 bridgehead atoms. The molecule has 4 aromatic carbocycles. The summed E-state index contributed by atoms with van der Waals surface area (Å²) in [5.41, 5.74) is 2.17. The Morgan fingerprint density at radius 3 is 2.40 bits per heavy atom. The second-order valence-corrected chi connectivity index (χ2v) is 13.3. The van der Waals surface area contributed by atoms with Gasteiger partial charge in [0.1, 0.15) is 11.6 Å². The van der Waals surface area contributed by atoms with Crippen LogP contribution < -0.4 is 10.1 Å². The molecule has 234 valence electrons. The van der Waals surface area contributed by atoms with Gasteiger partial charge in [0.2, 0.25) is 5.90 Å². The highest BCUT2D eigenvalue weighted by molar-refractivity contribution is 9.10. The van der Waals surface area contributed by atoms with E-state index in [1.807, 2.05) is 72.8 Å². The number of halogens is 3. The molecule has 1 aliphatic heterocycles. The van der Waals surface area contributed by atoms with Crippen LogP contribution in [0.2, 0.25) is 0 Å². The van der Waals surface area contributed by atoms with E-state index in [0.717, 1.165) is 31.2 Å². The van der Waals surface area contributed by atoms with Gasteiger partial charge in [-0.2, -0.15) is 11.8 Å². The fourth-order valence-corrected chi connectivity index (χ4v) is 6.78. The minimum Gasteiger partial charge on any atom is -0.494 e. The number of aliphatic hydroxyl groups excluding tert-OH is 1. The number of rotatable bonds is 14. The van der Waals surface area contributed by atoms with Crippen LogP contribution in [0.1, 0.15) is 34.8 Å². The number of thioether (sulfide) groups is 1. The molecular formula is C35H33Br2FN2O4S. The van der Waals surface area contributed by atoms with Gasteiger partial charge in [-0.25, -0.2) is 9.38 Å². The highest BCUT2D eigenvalue weighted by Crippen LogP contribution is 2.45. The molecule has 45 heavy (non-hydrogen) atoms. The lowest BCUT2D eigenvalue weighted by molar-refractivity contribution is -0.128. The van der Waals surface area contributed by atoms with E-state index in [0.29, 0.717) is 49.1 Å². The first kappa shape index (κ1) is 33.2. The molecule has 1 amide bonds. The summed E-state index contributed by atoms with van der Waals surface area (Å²) in [7, 11) is 0. The summed E-state index contributed by atoms with van der Waals surface area (Å²) in [5, 5.41) is 12.2. The quantitative estimate of drug-likeness (QED) is 0.129. The average Bonchev–Trinajstić information content (AvgIpc) is 3.43. The highest BCUT2D eigenvalue weighted by Gasteiger charge is 2.54. The summed E-state index contributed by atoms with van der Waals surface area (Å²) in [6.07, 6.45) is 0.117. The average molecular weight is 757 g/mol. The molecular weight excluding hydrogens is 723 g/mol. The van der Waals surface area contributed by atoms with Crippen LogP contribution in [0.4, 0.5) is 4.39 Å². The van der Waals surface area contributed by atoms with E-state index >= 15 is 0 Å². The van der Waals surface area contributed by atoms with Crippen molar-refractivity contribution in [1.29, 1.82) is 0 Å². The zero-order valence-corrected chi connectivity index (χ0v) is 28.4. The highest BCUT2D eigenvalue weighted by atomic mass is 79.9. The summed E-state index contributed by atoms with van der Waals surface area (Å²) < 4.78 is 27.3. The van der Waals surface area contributed by atoms with E-state index in [9.17, 15) is 9.18 Å². The van der Waals surface area contributed by atoms with Crippen LogP contribution in [0.3, 0.4) is 0 Å². The van der Waals surface area contributed by atoms with Crippen LogP contribution in [0.25, 0.3) is 0 Å². The Bertz CT molecular complexity index is 1620. The second-order valence-electron chi connectivity index (χ2n) is 10.5. The van der Waals surface area contributed by atoms with Crippen molar-refractivity contribution in [3.8, 4) is 5.75 Å². The van der Waals surface area contributed by atoms with Gasteiger partial charge in [0.05, 0.1) is 6.61 Å². The summed E-state index contributed by atoms with van der Waals surface area (Å²) >= 11 is 9.03. The molecule has 0 aromatic heterocycles. The van der Waals surface area contributed by atoms with Crippen LogP contribution in [-0.2, 0) is 21.7 Å². The van der Waals surface area contributed by atoms with Crippen molar-refractivity contribution in [3.63, 3.8) is 0 Å². The lowest BCUT2D eigenvalue weighted by Gasteiger charge is -2.31. The van der Waals surface area contributed by atoms with E-state index in [4.69, 9.17) is 19.6 Å². The number of amides is 1. The lowest BCUT2D eigenvalue weighted by Crippen LogP contribution is -2.50. The Hall–Kier alpha value is -3.18. The number of aliphatic imine (C=N–C) groups is 1. The summed E-state index contributed by atoms with van der Waals surface area (Å²) in [5.74, 6) is 1.92. The van der Waals surface area contributed by atoms with Crippen molar-refractivity contribution in [2.45, 2.75) is 30.2 Å². The van der Waals surface area contributed by atoms with Crippen molar-refractivity contribution in [1.82, 2.24) is 5.32 Å². The topological polar surface area (TPSA) is 80.2 Å². The number of carbonyl (C=O) groups excluding carboxylic acids is 1. The van der Waals surface area contributed by atoms with Gasteiger partial charge in [-0.3, -0.25) is 4.79 Å². The van der Waals surface area contributed by atoms with Gasteiger partial charge in [-0.15, -0.1) is 0 Å². The number of nitrogens with zero attached hydrogens (tertiary/aromatic N) is 1.